The van der Waals surface area contributed by atoms with Gasteiger partial charge in [-0.3, -0.25) is 9.97 Å². The van der Waals surface area contributed by atoms with Gasteiger partial charge in [0.05, 0.1) is 22.6 Å². The number of benzene rings is 2. The second-order valence-electron chi connectivity index (χ2n) is 9.20. The summed E-state index contributed by atoms with van der Waals surface area (Å²) in [5.74, 6) is -1.46. The Labute approximate surface area is 258 Å². The number of hydrogen-bond donors (Lipinski definition) is 2. The van der Waals surface area contributed by atoms with Gasteiger partial charge in [-0.05, 0) is 42.7 Å². The molecule has 0 saturated heterocycles. The van der Waals surface area contributed by atoms with E-state index in [1.54, 1.807) is 39.2 Å². The van der Waals surface area contributed by atoms with Crippen LogP contribution in [0.4, 0.5) is 0 Å². The quantitative estimate of drug-likeness (QED) is 0.116. The molecular formula is C28H28ClCuN3O10. The summed E-state index contributed by atoms with van der Waals surface area (Å²) < 4.78 is 39.2. The molecule has 0 aliphatic carbocycles. The minimum Gasteiger partial charge on any atom is -0.548 e. The third kappa shape index (κ3) is 10.5. The number of carbonyl (C=O) groups excluding carboxylic acids is 1. The smallest absolute Gasteiger partial charge is 0.548 e. The Hall–Kier alpha value is -3.69. The van der Waals surface area contributed by atoms with Gasteiger partial charge in [-0.2, -0.15) is 0 Å². The second-order valence-corrected chi connectivity index (χ2v) is 9.96. The molecule has 1 atom stereocenters. The summed E-state index contributed by atoms with van der Waals surface area (Å²) in [6.07, 6.45) is 3.60. The average Bonchev–Trinajstić information content (AvgIpc) is 2.89. The Balaban J connectivity index is 0.000000377. The molecule has 15 heteroatoms. The number of phenols is 1. The first-order valence-corrected chi connectivity index (χ1v) is 13.4. The number of carboxylic acids is 1. The van der Waals surface area contributed by atoms with E-state index in [4.69, 9.17) is 23.1 Å². The van der Waals surface area contributed by atoms with Crippen molar-refractivity contribution < 1.29 is 70.8 Å². The third-order valence-corrected chi connectivity index (χ3v) is 5.96. The van der Waals surface area contributed by atoms with Crippen LogP contribution < -0.4 is 34.7 Å². The van der Waals surface area contributed by atoms with Crippen molar-refractivity contribution in [2.75, 3.05) is 0 Å². The van der Waals surface area contributed by atoms with Gasteiger partial charge in [-0.15, -0.1) is 10.2 Å². The summed E-state index contributed by atoms with van der Waals surface area (Å²) in [6.45, 7) is 5.32. The minimum absolute atomic E-state index is 0. The van der Waals surface area contributed by atoms with Gasteiger partial charge in [-0.1, -0.05) is 38.1 Å². The minimum atomic E-state index is -4.94. The first kappa shape index (κ1) is 37.3. The number of nitrogens with one attached hydrogen (secondary N) is 1. The van der Waals surface area contributed by atoms with Crippen LogP contribution in [-0.2, 0) is 28.4 Å². The Morgan fingerprint density at radius 1 is 0.977 bits per heavy atom. The number of fused-ring (bicyclic) bond motifs is 4. The maximum atomic E-state index is 11.5. The van der Waals surface area contributed by atoms with Crippen LogP contribution in [0.5, 0.6) is 5.75 Å². The normalized spacial score (nSPS) is 11.4. The van der Waals surface area contributed by atoms with E-state index >= 15 is 0 Å². The summed E-state index contributed by atoms with van der Waals surface area (Å²) >= 11 is 0. The van der Waals surface area contributed by atoms with Crippen molar-refractivity contribution >= 4 is 38.7 Å². The van der Waals surface area contributed by atoms with Gasteiger partial charge in [0.15, 0.2) is 0 Å². The van der Waals surface area contributed by atoms with Crippen molar-refractivity contribution in [3.63, 3.8) is 0 Å². The molecule has 5 aromatic rings. The number of nitrogens with zero attached hydrogens (tertiary/aromatic N) is 2. The topological polar surface area (TPSA) is 252 Å². The van der Waals surface area contributed by atoms with Gasteiger partial charge in [0.2, 0.25) is 0 Å². The summed E-state index contributed by atoms with van der Waals surface area (Å²) in [5, 5.41) is 26.9. The van der Waals surface area contributed by atoms with Crippen molar-refractivity contribution in [1.29, 1.82) is 0 Å². The predicted molar refractivity (Wildman–Crippen MR) is 140 cm³/mol. The maximum absolute atomic E-state index is 11.5. The molecule has 5 rings (SSSR count). The fraction of sp³-hybridized carbons (Fsp3) is 0.214. The van der Waals surface area contributed by atoms with E-state index in [-0.39, 0.29) is 46.3 Å². The number of rotatable bonds is 5. The van der Waals surface area contributed by atoms with Crippen molar-refractivity contribution in [3.05, 3.63) is 88.5 Å². The molecule has 3 aromatic heterocycles. The zero-order chi connectivity index (χ0) is 30.3. The molecule has 0 aliphatic rings. The number of hydrogen-bond acceptors (Lipinski definition) is 12. The van der Waals surface area contributed by atoms with Gasteiger partial charge in [0, 0.05) is 47.2 Å². The molecule has 0 bridgehead atoms. The number of aromatic hydroxyl groups is 1. The van der Waals surface area contributed by atoms with E-state index in [0.717, 1.165) is 27.4 Å². The van der Waals surface area contributed by atoms with Crippen molar-refractivity contribution in [3.8, 4) is 5.75 Å². The van der Waals surface area contributed by atoms with E-state index in [9.17, 15) is 19.8 Å². The molecule has 43 heavy (non-hydrogen) atoms. The van der Waals surface area contributed by atoms with Gasteiger partial charge < -0.3 is 30.2 Å². The molecular weight excluding hydrogens is 637 g/mol. The standard InChI is InChI=1S/C16H19NO5.C12H8N2.ClHO4.Cu.H2O/c1-8(2)14(16(20)21)17-7-11-12(18)5-4-10-9(3)6-13(19)22-15(10)11;1-3-9-5-6-10-4-2-8-14-12(10)11(9)13-7-1;2-1(3,4)5;;/h4-6,8,14,17-18H,7H2,1-3H3,(H,20,21);1-8H;(H,2,3,4,5);;1H2/q;;;+2;/p-2. The molecule has 0 amide bonds. The average molecular weight is 666 g/mol. The summed E-state index contributed by atoms with van der Waals surface area (Å²) in [5.41, 5.74) is 2.78. The Bertz CT molecular complexity index is 1670. The third-order valence-electron chi connectivity index (χ3n) is 5.96. The second kappa shape index (κ2) is 16.2. The van der Waals surface area contributed by atoms with Crippen LogP contribution in [0.3, 0.4) is 0 Å². The van der Waals surface area contributed by atoms with Crippen molar-refractivity contribution in [2.24, 2.45) is 5.92 Å². The van der Waals surface area contributed by atoms with Crippen molar-refractivity contribution in [2.45, 2.75) is 33.4 Å². The molecule has 2 aromatic carbocycles. The molecule has 0 spiro atoms. The molecule has 1 radical (unpaired) electrons. The van der Waals surface area contributed by atoms with Crippen LogP contribution in [0.2, 0.25) is 0 Å². The van der Waals surface area contributed by atoms with E-state index in [1.165, 1.54) is 12.1 Å². The Morgan fingerprint density at radius 2 is 1.49 bits per heavy atom. The van der Waals surface area contributed by atoms with Gasteiger partial charge in [0.25, 0.3) is 0 Å². The number of carboxylic acid groups (broad SMARTS) is 1. The largest absolute Gasteiger partial charge is 2.00 e. The SMILES string of the molecule is Cc1cc(=O)oc2c(CNC(C(=O)[O-])C(C)C)c(O)ccc12.O.[Cu+2].[O-][Cl+3]([O-])([O-])[O-].c1cnc2c(c1)ccc1cccnc12. The number of aryl methyl sites for hydroxylation is 1. The Kier molecular flexibility index (Phi) is 14.1. The first-order chi connectivity index (χ1) is 19.3. The molecule has 0 aliphatic heterocycles. The van der Waals surface area contributed by atoms with Gasteiger partial charge in [-0.25, -0.2) is 23.4 Å². The summed E-state index contributed by atoms with van der Waals surface area (Å²) in [6, 6.07) is 15.8. The molecule has 1 unspecified atom stereocenters. The number of aromatic nitrogens is 2. The van der Waals surface area contributed by atoms with E-state index in [0.29, 0.717) is 10.9 Å². The number of carbonyl (C=O) groups is 1. The predicted octanol–water partition coefficient (Wildman–Crippen LogP) is -2.13. The monoisotopic (exact) mass is 664 g/mol. The van der Waals surface area contributed by atoms with Crippen molar-refractivity contribution in [1.82, 2.24) is 15.3 Å². The van der Waals surface area contributed by atoms with Crippen LogP contribution in [0.15, 0.2) is 76.2 Å². The van der Waals surface area contributed by atoms with E-state index < -0.39 is 27.9 Å². The number of aliphatic carboxylic acids is 1. The maximum Gasteiger partial charge on any atom is 2.00 e. The fourth-order valence-electron chi connectivity index (χ4n) is 4.08. The van der Waals surface area contributed by atoms with Crippen LogP contribution >= 0.6 is 0 Å². The molecule has 4 N–H and O–H groups in total. The molecule has 3 heterocycles. The van der Waals surface area contributed by atoms with E-state index in [2.05, 4.69) is 39.6 Å². The molecule has 0 fully saturated rings. The number of phenolic OH excluding ortho intramolecular Hbond substituents is 1. The molecule has 233 valence electrons. The van der Waals surface area contributed by atoms with Gasteiger partial charge >= 0.3 is 22.7 Å². The van der Waals surface area contributed by atoms with Crippen LogP contribution in [0, 0.1) is 23.1 Å². The Morgan fingerprint density at radius 3 is 1.95 bits per heavy atom. The fourth-order valence-corrected chi connectivity index (χ4v) is 4.08. The first-order valence-electron chi connectivity index (χ1n) is 12.2. The van der Waals surface area contributed by atoms with Crippen LogP contribution in [-0.4, -0.2) is 32.6 Å². The van der Waals surface area contributed by atoms with E-state index in [1.807, 2.05) is 12.1 Å². The van der Waals surface area contributed by atoms with Gasteiger partial charge in [0.1, 0.15) is 11.3 Å². The van der Waals surface area contributed by atoms with Crippen LogP contribution in [0.1, 0.15) is 25.0 Å². The zero-order valence-corrected chi connectivity index (χ0v) is 24.7. The zero-order valence-electron chi connectivity index (χ0n) is 23.0. The number of halogens is 1. The summed E-state index contributed by atoms with van der Waals surface area (Å²) in [4.78, 5) is 31.4. The molecule has 13 nitrogen and oxygen atoms in total. The number of pyridine rings is 2. The molecule has 0 saturated carbocycles. The van der Waals surface area contributed by atoms with Crippen LogP contribution in [0.25, 0.3) is 32.8 Å². The summed E-state index contributed by atoms with van der Waals surface area (Å²) in [7, 11) is -4.94.